The van der Waals surface area contributed by atoms with Crippen LogP contribution in [0.2, 0.25) is 0 Å². The van der Waals surface area contributed by atoms with Gasteiger partial charge in [0.05, 0.1) is 23.5 Å². The van der Waals surface area contributed by atoms with E-state index in [1.165, 1.54) is 19.1 Å². The number of rotatable bonds is 19. The Labute approximate surface area is 485 Å². The molecule has 6 rings (SSSR count). The Morgan fingerprint density at radius 3 is 1.91 bits per heavy atom. The fourth-order valence-corrected chi connectivity index (χ4v) is 11.5. The zero-order valence-corrected chi connectivity index (χ0v) is 48.1. The average Bonchev–Trinajstić information content (AvgIpc) is 3.46. The number of nitrogens with zero attached hydrogens (tertiary/aromatic N) is 2. The predicted molar refractivity (Wildman–Crippen MR) is 318 cm³/mol. The largest absolute Gasteiger partial charge is 0.508 e. The lowest BCUT2D eigenvalue weighted by Gasteiger charge is -2.29. The number of carbonyl (C=O) groups is 8. The number of primary amides is 1. The van der Waals surface area contributed by atoms with E-state index in [9.17, 15) is 48.6 Å². The number of amides is 7. The Kier molecular flexibility index (Phi) is 24.4. The normalized spacial score (nSPS) is 21.1. The quantitative estimate of drug-likeness (QED) is 0.0291. The van der Waals surface area contributed by atoms with E-state index in [0.717, 1.165) is 37.9 Å². The predicted octanol–water partition coefficient (Wildman–Crippen LogP) is 5.16. The van der Waals surface area contributed by atoms with Gasteiger partial charge in [0.1, 0.15) is 36.0 Å². The van der Waals surface area contributed by atoms with Gasteiger partial charge in [-0.25, -0.2) is 0 Å². The highest BCUT2D eigenvalue weighted by molar-refractivity contribution is 8.76. The van der Waals surface area contributed by atoms with Crippen LogP contribution >= 0.6 is 21.6 Å². The van der Waals surface area contributed by atoms with Crippen LogP contribution in [0.5, 0.6) is 5.75 Å². The van der Waals surface area contributed by atoms with Crippen LogP contribution in [0.15, 0.2) is 132 Å². The number of nitrogens with one attached hydrogen (secondary N) is 6. The van der Waals surface area contributed by atoms with E-state index in [1.54, 1.807) is 69.3 Å². The van der Waals surface area contributed by atoms with Crippen LogP contribution in [0.3, 0.4) is 0 Å². The Morgan fingerprint density at radius 1 is 0.671 bits per heavy atom. The van der Waals surface area contributed by atoms with E-state index >= 15 is 0 Å². The zero-order valence-electron chi connectivity index (χ0n) is 46.4. The number of aliphatic hydroxyl groups excluding tert-OH is 1. The first-order valence-electron chi connectivity index (χ1n) is 27.4. The molecule has 7 amide bonds. The van der Waals surface area contributed by atoms with E-state index < -0.39 is 114 Å². The monoisotopic (exact) mass is 1160 g/mol. The number of fused-ring (bicyclic) bond motifs is 1. The van der Waals surface area contributed by atoms with Gasteiger partial charge in [-0.05, 0) is 109 Å². The van der Waals surface area contributed by atoms with Gasteiger partial charge in [0, 0.05) is 36.2 Å². The van der Waals surface area contributed by atoms with Crippen LogP contribution in [0, 0.1) is 17.8 Å². The molecule has 0 bridgehead atoms. The van der Waals surface area contributed by atoms with Gasteiger partial charge in [0.15, 0.2) is 5.78 Å². The minimum atomic E-state index is -1.54. The van der Waals surface area contributed by atoms with Gasteiger partial charge < -0.3 is 53.6 Å². The first-order valence-corrected chi connectivity index (χ1v) is 29.8. The van der Waals surface area contributed by atoms with Gasteiger partial charge in [0.25, 0.3) is 0 Å². The minimum absolute atomic E-state index is 0.0403. The third kappa shape index (κ3) is 19.5. The Balaban J connectivity index is 1.39. The second-order valence-electron chi connectivity index (χ2n) is 20.9. The van der Waals surface area contributed by atoms with Crippen LogP contribution in [-0.4, -0.2) is 118 Å². The van der Waals surface area contributed by atoms with Gasteiger partial charge in [-0.3, -0.25) is 38.4 Å². The summed E-state index contributed by atoms with van der Waals surface area (Å²) < 4.78 is 0. The number of ketones is 1. The molecule has 1 saturated heterocycles. The topological polar surface area (TPSA) is 326 Å². The number of carbonyl (C=O) groups excluding carboxylic acids is 8. The van der Waals surface area contributed by atoms with Crippen molar-refractivity contribution in [2.24, 2.45) is 39.4 Å². The van der Waals surface area contributed by atoms with Crippen molar-refractivity contribution >= 4 is 90.9 Å². The third-order valence-electron chi connectivity index (χ3n) is 13.9. The maximum Gasteiger partial charge on any atom is 0.244 e. The number of Topliss-reactive ketones (excluding diaryl/α,β-unsaturated/α-hetero) is 1. The minimum Gasteiger partial charge on any atom is -0.508 e. The number of nitrogens with two attached hydrogens (primary N) is 2. The van der Waals surface area contributed by atoms with Crippen molar-refractivity contribution in [2.75, 3.05) is 18.1 Å². The molecule has 1 aliphatic rings. The Hall–Kier alpha value is -7.66. The Bertz CT molecular complexity index is 3020. The standard InChI is InChI=1S/C60H74N10O10S2/c1-35(2)52-60(80)66-50(59(79)68-53(37(4)71)54(62)74)34-82-81-33-49(65-55(75)36(3)28-40-17-22-41-12-8-9-13-42(41)29-40)58(78)64-48(31-39-20-25-46(72)26-21-39)57(77)63-47(51(73)32-43(56(76)67-52)14-10-11-27-61)30-38-18-23-45(24-19-38)70-69-44-15-6-5-7-16-44/h5-9,12-13,15-26,29,35-37,43,47-50,52-53,71-72H,10-11,14,27-28,30-34,61H2,1-4H3,(H2,62,74)(H,63,77)(H,64,78)(H,65,75)(H,66,80)(H,67,76)(H,68,79). The lowest BCUT2D eigenvalue weighted by molar-refractivity contribution is -0.136. The molecule has 12 N–H and O–H groups in total. The van der Waals surface area contributed by atoms with Crippen molar-refractivity contribution in [3.8, 4) is 5.75 Å². The number of benzene rings is 5. The second kappa shape index (κ2) is 31.5. The first kappa shape index (κ1) is 63.5. The molecule has 22 heteroatoms. The fourth-order valence-electron chi connectivity index (χ4n) is 9.13. The van der Waals surface area contributed by atoms with Crippen molar-refractivity contribution in [2.45, 2.75) is 115 Å². The summed E-state index contributed by atoms with van der Waals surface area (Å²) in [6.07, 6.45) is -0.582. The maximum absolute atomic E-state index is 15.0. The number of aliphatic hydroxyl groups is 1. The number of phenols is 1. The van der Waals surface area contributed by atoms with Gasteiger partial charge in [-0.1, -0.05) is 134 Å². The molecular formula is C60H74N10O10S2. The number of hydrogen-bond donors (Lipinski definition) is 10. The summed E-state index contributed by atoms with van der Waals surface area (Å²) in [5.41, 5.74) is 14.6. The van der Waals surface area contributed by atoms with Gasteiger partial charge in [0.2, 0.25) is 41.4 Å². The highest BCUT2D eigenvalue weighted by Crippen LogP contribution is 2.26. The lowest BCUT2D eigenvalue weighted by atomic mass is 9.89. The van der Waals surface area contributed by atoms with Crippen molar-refractivity contribution in [1.82, 2.24) is 31.9 Å². The van der Waals surface area contributed by atoms with E-state index in [-0.39, 0.29) is 36.5 Å². The average molecular weight is 1160 g/mol. The smallest absolute Gasteiger partial charge is 0.244 e. The van der Waals surface area contributed by atoms with Crippen molar-refractivity contribution < 1.29 is 48.6 Å². The molecule has 9 atom stereocenters. The van der Waals surface area contributed by atoms with Crippen LogP contribution in [0.1, 0.15) is 70.1 Å². The summed E-state index contributed by atoms with van der Waals surface area (Å²) in [4.78, 5) is 114. The number of aromatic hydroxyl groups is 1. The van der Waals surface area contributed by atoms with Crippen LogP contribution in [0.4, 0.5) is 11.4 Å². The maximum atomic E-state index is 15.0. The molecule has 1 heterocycles. The third-order valence-corrected chi connectivity index (χ3v) is 16.3. The van der Waals surface area contributed by atoms with Crippen molar-refractivity contribution in [1.29, 1.82) is 0 Å². The summed E-state index contributed by atoms with van der Waals surface area (Å²) in [5, 5.41) is 47.7. The molecule has 1 fully saturated rings. The van der Waals surface area contributed by atoms with Crippen LogP contribution in [-0.2, 0) is 57.6 Å². The number of azo groups is 1. The molecule has 0 aliphatic carbocycles. The van der Waals surface area contributed by atoms with Crippen LogP contribution < -0.4 is 43.4 Å². The van der Waals surface area contributed by atoms with Gasteiger partial charge >= 0.3 is 0 Å². The fraction of sp³-hybridized carbons (Fsp3) is 0.400. The number of unbranched alkanes of at least 4 members (excludes halogenated alkanes) is 1. The molecule has 82 heavy (non-hydrogen) atoms. The van der Waals surface area contributed by atoms with E-state index in [1.807, 2.05) is 60.7 Å². The van der Waals surface area contributed by atoms with E-state index in [4.69, 9.17) is 11.5 Å². The van der Waals surface area contributed by atoms with Crippen molar-refractivity contribution in [3.05, 3.63) is 138 Å². The molecule has 20 nitrogen and oxygen atoms in total. The Morgan fingerprint density at radius 2 is 1.27 bits per heavy atom. The summed E-state index contributed by atoms with van der Waals surface area (Å²) >= 11 is 0. The molecule has 0 saturated carbocycles. The number of phenolic OH excluding ortho intramolecular Hbond substituents is 1. The molecule has 9 unspecified atom stereocenters. The first-order chi connectivity index (χ1) is 39.3. The van der Waals surface area contributed by atoms with E-state index in [2.05, 4.69) is 42.1 Å². The summed E-state index contributed by atoms with van der Waals surface area (Å²) in [5.74, 6) is -8.52. The van der Waals surface area contributed by atoms with Crippen molar-refractivity contribution in [3.63, 3.8) is 0 Å². The summed E-state index contributed by atoms with van der Waals surface area (Å²) in [7, 11) is 2.10. The van der Waals surface area contributed by atoms with E-state index in [0.29, 0.717) is 48.3 Å². The molecule has 0 aromatic heterocycles. The molecule has 436 valence electrons. The highest BCUT2D eigenvalue weighted by atomic mass is 33.1. The molecular weight excluding hydrogens is 1080 g/mol. The molecule has 5 aromatic carbocycles. The molecule has 1 aliphatic heterocycles. The molecule has 5 aromatic rings. The molecule has 0 spiro atoms. The highest BCUT2D eigenvalue weighted by Gasteiger charge is 2.36. The summed E-state index contributed by atoms with van der Waals surface area (Å²) in [6, 6.07) is 27.6. The van der Waals surface area contributed by atoms with Crippen LogP contribution in [0.25, 0.3) is 10.8 Å². The van der Waals surface area contributed by atoms with Gasteiger partial charge in [-0.2, -0.15) is 10.2 Å². The van der Waals surface area contributed by atoms with Gasteiger partial charge in [-0.15, -0.1) is 0 Å². The number of hydrogen-bond acceptors (Lipinski definition) is 15. The second-order valence-corrected chi connectivity index (χ2v) is 23.4. The lowest BCUT2D eigenvalue weighted by Crippen LogP contribution is -2.60. The summed E-state index contributed by atoms with van der Waals surface area (Å²) in [6.45, 7) is 6.65. The SMILES string of the molecule is CC(Cc1ccc2ccccc2c1)C(=O)NC1CSSCC(C(=O)NC(C(N)=O)C(C)O)NC(=O)C(C(C)C)NC(=O)C(CCCCN)CC(=O)C(Cc2ccc(N=Nc3ccccc3)cc2)NC(=O)C(Cc2ccc(O)cc2)NC1=O. The molecule has 0 radical (unpaired) electrons. The zero-order chi connectivity index (χ0) is 59.3.